The Kier molecular flexibility index (Phi) is 16.9. The first kappa shape index (κ1) is 40.7. The number of methoxy groups -OCH3 is 2. The molecule has 1 aromatic rings. The number of nitrogen functional groups attached to an aromatic ring is 1. The van der Waals surface area contributed by atoms with Crippen molar-refractivity contribution in [1.29, 1.82) is 5.26 Å². The molecule has 3 N–H and O–H groups in total. The van der Waals surface area contributed by atoms with Crippen molar-refractivity contribution < 1.29 is 23.9 Å². The number of hydrogen-bond acceptors (Lipinski definition) is 8. The predicted molar refractivity (Wildman–Crippen MR) is 193 cm³/mol. The maximum Gasteiger partial charge on any atom is 0.240 e. The lowest BCUT2D eigenvalue weighted by molar-refractivity contribution is -0.149. The van der Waals surface area contributed by atoms with Crippen LogP contribution in [0.2, 0.25) is 0 Å². The molecule has 11 nitrogen and oxygen atoms in total. The highest BCUT2D eigenvalue weighted by Crippen LogP contribution is 2.30. The number of benzene rings is 1. The van der Waals surface area contributed by atoms with E-state index in [2.05, 4.69) is 23.4 Å². The van der Waals surface area contributed by atoms with Crippen LogP contribution in [0, 0.1) is 29.1 Å². The lowest BCUT2D eigenvalue weighted by Gasteiger charge is -2.40. The standard InChI is InChI=1S/C35H57IN6O5/c1-10-23(4)32(41(7)35(45)31(39-36)22(2)3)29(46-8)21-30(43)42-19-11-12-28(42)33(47-9)24(5)34(44)40(6)27(17-18-37)20-25-13-15-26(38)16-14-25/h13-16,22-24,27-29,31-33,39H,10-12,17,19-21,38H2,1-9H3/t23-,24+,27+,28-,29+,31-,32?,33+/m0/s1. The largest absolute Gasteiger partial charge is 0.399 e. The number of nitrogens with two attached hydrogens (primary N) is 1. The predicted octanol–water partition coefficient (Wildman–Crippen LogP) is 4.44. The number of amides is 3. The number of nitriles is 1. The van der Waals surface area contributed by atoms with Crippen LogP contribution < -0.4 is 9.26 Å². The van der Waals surface area contributed by atoms with Crippen molar-refractivity contribution in [2.45, 2.75) is 110 Å². The third-order valence-electron chi connectivity index (χ3n) is 9.96. The topological polar surface area (TPSA) is 141 Å². The quantitative estimate of drug-likeness (QED) is 0.127. The van der Waals surface area contributed by atoms with E-state index in [4.69, 9.17) is 15.2 Å². The molecule has 0 bridgehead atoms. The van der Waals surface area contributed by atoms with E-state index >= 15 is 0 Å². The van der Waals surface area contributed by atoms with Crippen molar-refractivity contribution in [2.24, 2.45) is 17.8 Å². The average molecular weight is 769 g/mol. The SMILES string of the molecule is CC[C@H](C)C([C@@H](CC(=O)N1CCC[C@H]1[C@H](OC)[C@@H](C)C(=O)N(C)[C@H](CC#N)Cc1ccc(N)cc1)OC)N(C)C(=O)[C@@H](NI)C(C)C. The van der Waals surface area contributed by atoms with Gasteiger partial charge in [-0.3, -0.25) is 14.4 Å². The van der Waals surface area contributed by atoms with Gasteiger partial charge in [-0.05, 0) is 48.8 Å². The van der Waals surface area contributed by atoms with Gasteiger partial charge in [0.25, 0.3) is 0 Å². The molecule has 264 valence electrons. The third-order valence-corrected chi connectivity index (χ3v) is 10.6. The van der Waals surface area contributed by atoms with E-state index in [1.165, 1.54) is 0 Å². The van der Waals surface area contributed by atoms with Gasteiger partial charge in [-0.25, -0.2) is 3.53 Å². The highest BCUT2D eigenvalue weighted by molar-refractivity contribution is 14.1. The summed E-state index contributed by atoms with van der Waals surface area (Å²) < 4.78 is 15.1. The van der Waals surface area contributed by atoms with Crippen molar-refractivity contribution in [3.05, 3.63) is 29.8 Å². The number of carbonyl (C=O) groups is 3. The molecule has 0 aliphatic carbocycles. The highest BCUT2D eigenvalue weighted by Gasteiger charge is 2.43. The molecule has 2 rings (SSSR count). The summed E-state index contributed by atoms with van der Waals surface area (Å²) in [5, 5.41) is 9.55. The van der Waals surface area contributed by atoms with Crippen molar-refractivity contribution in [1.82, 2.24) is 18.2 Å². The van der Waals surface area contributed by atoms with Crippen molar-refractivity contribution >= 4 is 46.3 Å². The zero-order valence-electron chi connectivity index (χ0n) is 29.7. The molecule has 1 aliphatic heterocycles. The summed E-state index contributed by atoms with van der Waals surface area (Å²) in [5.74, 6) is -0.624. The first-order chi connectivity index (χ1) is 22.3. The number of nitrogens with zero attached hydrogens (tertiary/aromatic N) is 4. The van der Waals surface area contributed by atoms with Crippen LogP contribution in [0.5, 0.6) is 0 Å². The molecule has 0 spiro atoms. The molecule has 1 saturated heterocycles. The van der Waals surface area contributed by atoms with Gasteiger partial charge >= 0.3 is 0 Å². The zero-order valence-corrected chi connectivity index (χ0v) is 31.9. The van der Waals surface area contributed by atoms with E-state index in [1.807, 2.05) is 72.8 Å². The molecule has 12 heteroatoms. The highest BCUT2D eigenvalue weighted by atomic mass is 127. The molecule has 8 atom stereocenters. The van der Waals surface area contributed by atoms with Crippen LogP contribution in [-0.2, 0) is 30.3 Å². The number of anilines is 1. The maximum atomic E-state index is 14.0. The molecule has 1 fully saturated rings. The third kappa shape index (κ3) is 10.5. The van der Waals surface area contributed by atoms with Crippen LogP contribution in [0.25, 0.3) is 0 Å². The molecule has 1 heterocycles. The number of ether oxygens (including phenoxy) is 2. The van der Waals surface area contributed by atoms with Gasteiger partial charge in [-0.1, -0.05) is 53.2 Å². The summed E-state index contributed by atoms with van der Waals surface area (Å²) in [6, 6.07) is 8.40. The van der Waals surface area contributed by atoms with Crippen LogP contribution >= 0.6 is 22.9 Å². The monoisotopic (exact) mass is 768 g/mol. The molecule has 0 aromatic heterocycles. The van der Waals surface area contributed by atoms with E-state index in [0.29, 0.717) is 25.1 Å². The number of rotatable bonds is 18. The molecule has 0 saturated carbocycles. The number of likely N-dealkylation sites (tertiary alicyclic amines) is 1. The Morgan fingerprint density at radius 1 is 1.09 bits per heavy atom. The summed E-state index contributed by atoms with van der Waals surface area (Å²) in [6.45, 7) is 10.6. The number of carbonyl (C=O) groups excluding carboxylic acids is 3. The summed E-state index contributed by atoms with van der Waals surface area (Å²) >= 11 is 2.03. The minimum Gasteiger partial charge on any atom is -0.399 e. The summed E-state index contributed by atoms with van der Waals surface area (Å²) in [6.07, 6.45) is 2.08. The van der Waals surface area contributed by atoms with Gasteiger partial charge in [0, 0.05) is 69.5 Å². The van der Waals surface area contributed by atoms with E-state index in [9.17, 15) is 19.6 Å². The summed E-state index contributed by atoms with van der Waals surface area (Å²) in [7, 11) is 6.71. The van der Waals surface area contributed by atoms with E-state index in [1.54, 1.807) is 38.1 Å². The molecule has 1 aromatic carbocycles. The van der Waals surface area contributed by atoms with E-state index in [0.717, 1.165) is 18.4 Å². The summed E-state index contributed by atoms with van der Waals surface area (Å²) in [4.78, 5) is 46.7. The van der Waals surface area contributed by atoms with Gasteiger partial charge in [0.05, 0.1) is 55.2 Å². The minimum atomic E-state index is -0.556. The molecule has 1 aliphatic rings. The van der Waals surface area contributed by atoms with Gasteiger partial charge in [-0.2, -0.15) is 5.26 Å². The van der Waals surface area contributed by atoms with Gasteiger partial charge in [-0.15, -0.1) is 0 Å². The van der Waals surface area contributed by atoms with Crippen LogP contribution in [0.1, 0.15) is 72.3 Å². The van der Waals surface area contributed by atoms with Crippen molar-refractivity contribution in [3.63, 3.8) is 0 Å². The fourth-order valence-corrected chi connectivity index (χ4v) is 7.84. The van der Waals surface area contributed by atoms with E-state index < -0.39 is 18.1 Å². The first-order valence-electron chi connectivity index (χ1n) is 16.7. The molecule has 47 heavy (non-hydrogen) atoms. The lowest BCUT2D eigenvalue weighted by atomic mass is 9.89. The van der Waals surface area contributed by atoms with Crippen LogP contribution in [-0.4, -0.2) is 104 Å². The number of nitrogens with one attached hydrogen (secondary N) is 1. The smallest absolute Gasteiger partial charge is 0.240 e. The molecule has 3 amide bonds. The van der Waals surface area contributed by atoms with Crippen LogP contribution in [0.3, 0.4) is 0 Å². The second-order valence-electron chi connectivity index (χ2n) is 13.3. The van der Waals surface area contributed by atoms with Gasteiger partial charge in [0.1, 0.15) is 0 Å². The number of likely N-dealkylation sites (N-methyl/N-ethyl adjacent to an activating group) is 2. The molecular weight excluding hydrogens is 711 g/mol. The summed E-state index contributed by atoms with van der Waals surface area (Å²) in [5.41, 5.74) is 7.49. The lowest BCUT2D eigenvalue weighted by Crippen LogP contribution is -2.56. The van der Waals surface area contributed by atoms with Gasteiger partial charge < -0.3 is 29.9 Å². The van der Waals surface area contributed by atoms with Crippen molar-refractivity contribution in [2.75, 3.05) is 40.6 Å². The maximum absolute atomic E-state index is 14.0. The second kappa shape index (κ2) is 19.5. The molecule has 0 radical (unpaired) electrons. The van der Waals surface area contributed by atoms with Crippen LogP contribution in [0.4, 0.5) is 5.69 Å². The Bertz CT molecular complexity index is 1190. The van der Waals surface area contributed by atoms with Gasteiger partial charge in [0.15, 0.2) is 0 Å². The molecular formula is C35H57IN6O5. The minimum absolute atomic E-state index is 0.0322. The first-order valence-corrected chi connectivity index (χ1v) is 17.8. The second-order valence-corrected chi connectivity index (χ2v) is 14.0. The Balaban J connectivity index is 2.25. The Labute approximate surface area is 296 Å². The fourth-order valence-electron chi connectivity index (χ4n) is 6.85. The Morgan fingerprint density at radius 3 is 2.23 bits per heavy atom. The Morgan fingerprint density at radius 2 is 1.72 bits per heavy atom. The zero-order chi connectivity index (χ0) is 35.4. The number of hydrogen-bond donors (Lipinski definition) is 2. The van der Waals surface area contributed by atoms with Crippen molar-refractivity contribution in [3.8, 4) is 6.07 Å². The Hall–Kier alpha value is -2.47. The van der Waals surface area contributed by atoms with Gasteiger partial charge in [0.2, 0.25) is 17.7 Å². The average Bonchev–Trinajstić information content (AvgIpc) is 3.54. The number of halogens is 1. The normalized spacial score (nSPS) is 19.3. The fraction of sp³-hybridized carbons (Fsp3) is 0.714. The van der Waals surface area contributed by atoms with E-state index in [-0.39, 0.29) is 66.6 Å². The molecule has 1 unspecified atom stereocenters. The van der Waals surface area contributed by atoms with Crippen LogP contribution in [0.15, 0.2) is 24.3 Å².